The van der Waals surface area contributed by atoms with E-state index in [1.165, 1.54) is 0 Å². The van der Waals surface area contributed by atoms with E-state index < -0.39 is 0 Å². The summed E-state index contributed by atoms with van der Waals surface area (Å²) in [6, 6.07) is 0.118. The van der Waals surface area contributed by atoms with Gasteiger partial charge < -0.3 is 15.2 Å². The lowest BCUT2D eigenvalue weighted by Crippen LogP contribution is -2.40. The summed E-state index contributed by atoms with van der Waals surface area (Å²) < 4.78 is 10.6. The first-order valence-corrected chi connectivity index (χ1v) is 4.18. The van der Waals surface area contributed by atoms with Crippen molar-refractivity contribution < 1.29 is 9.47 Å². The SMILES string of the molecule is COC1CCCC(C(C)N)O1. The Kier molecular flexibility index (Phi) is 3.30. The molecule has 66 valence electrons. The molecule has 0 radical (unpaired) electrons. The van der Waals surface area contributed by atoms with Crippen LogP contribution in [0.4, 0.5) is 0 Å². The van der Waals surface area contributed by atoms with Gasteiger partial charge in [-0.05, 0) is 26.2 Å². The Morgan fingerprint density at radius 2 is 2.27 bits per heavy atom. The minimum absolute atomic E-state index is 0.0280. The average molecular weight is 159 g/mol. The highest BCUT2D eigenvalue weighted by Gasteiger charge is 2.24. The summed E-state index contributed by atoms with van der Waals surface area (Å²) in [4.78, 5) is 0. The van der Waals surface area contributed by atoms with Crippen LogP contribution < -0.4 is 5.73 Å². The Bertz CT molecular complexity index is 117. The highest BCUT2D eigenvalue weighted by atomic mass is 16.7. The summed E-state index contributed by atoms with van der Waals surface area (Å²) in [5, 5.41) is 0. The minimum atomic E-state index is -0.0280. The molecule has 0 bridgehead atoms. The molecule has 11 heavy (non-hydrogen) atoms. The lowest BCUT2D eigenvalue weighted by atomic mass is 10.0. The smallest absolute Gasteiger partial charge is 0.157 e. The van der Waals surface area contributed by atoms with Crippen molar-refractivity contribution in [3.8, 4) is 0 Å². The first-order chi connectivity index (χ1) is 5.24. The monoisotopic (exact) mass is 159 g/mol. The standard InChI is InChI=1S/C8H17NO2/c1-6(9)7-4-3-5-8(10-2)11-7/h6-8H,3-5,9H2,1-2H3. The minimum Gasteiger partial charge on any atom is -0.356 e. The van der Waals surface area contributed by atoms with E-state index in [1.807, 2.05) is 6.92 Å². The van der Waals surface area contributed by atoms with Crippen molar-refractivity contribution in [1.29, 1.82) is 0 Å². The molecular weight excluding hydrogens is 142 g/mol. The van der Waals surface area contributed by atoms with Crippen LogP contribution in [0.25, 0.3) is 0 Å². The van der Waals surface area contributed by atoms with Gasteiger partial charge in [-0.1, -0.05) is 0 Å². The molecule has 0 aromatic heterocycles. The van der Waals surface area contributed by atoms with Crippen LogP contribution in [0, 0.1) is 0 Å². The van der Waals surface area contributed by atoms with Gasteiger partial charge in [0.2, 0.25) is 0 Å². The first kappa shape index (κ1) is 8.97. The van der Waals surface area contributed by atoms with Gasteiger partial charge in [0.15, 0.2) is 6.29 Å². The summed E-state index contributed by atoms with van der Waals surface area (Å²) in [7, 11) is 1.67. The number of rotatable bonds is 2. The van der Waals surface area contributed by atoms with E-state index in [9.17, 15) is 0 Å². The average Bonchev–Trinajstić information content (AvgIpc) is 2.05. The van der Waals surface area contributed by atoms with Crippen molar-refractivity contribution in [2.24, 2.45) is 5.73 Å². The van der Waals surface area contributed by atoms with Crippen LogP contribution in [-0.4, -0.2) is 25.5 Å². The van der Waals surface area contributed by atoms with Crippen LogP contribution in [0.5, 0.6) is 0 Å². The zero-order valence-corrected chi connectivity index (χ0v) is 7.25. The van der Waals surface area contributed by atoms with Crippen molar-refractivity contribution in [2.45, 2.75) is 44.6 Å². The molecule has 3 nitrogen and oxygen atoms in total. The Balaban J connectivity index is 2.33. The van der Waals surface area contributed by atoms with Crippen LogP contribution in [0.1, 0.15) is 26.2 Å². The Morgan fingerprint density at radius 1 is 1.55 bits per heavy atom. The van der Waals surface area contributed by atoms with Gasteiger partial charge in [0, 0.05) is 13.2 Å². The summed E-state index contributed by atoms with van der Waals surface area (Å²) in [6.07, 6.45) is 3.38. The number of nitrogens with two attached hydrogens (primary N) is 1. The van der Waals surface area contributed by atoms with E-state index in [0.29, 0.717) is 0 Å². The molecule has 3 unspecified atom stereocenters. The fraction of sp³-hybridized carbons (Fsp3) is 1.00. The second-order valence-electron chi connectivity index (χ2n) is 3.13. The maximum Gasteiger partial charge on any atom is 0.157 e. The summed E-state index contributed by atoms with van der Waals surface area (Å²) >= 11 is 0. The number of ether oxygens (including phenoxy) is 2. The molecule has 2 N–H and O–H groups in total. The normalized spacial score (nSPS) is 35.2. The molecule has 1 heterocycles. The van der Waals surface area contributed by atoms with Gasteiger partial charge in [-0.15, -0.1) is 0 Å². The predicted octanol–water partition coefficient (Wildman–Crippen LogP) is 0.875. The maximum atomic E-state index is 5.70. The topological polar surface area (TPSA) is 44.5 Å². The molecule has 0 spiro atoms. The molecule has 1 saturated heterocycles. The number of hydrogen-bond acceptors (Lipinski definition) is 3. The largest absolute Gasteiger partial charge is 0.356 e. The van der Waals surface area contributed by atoms with Gasteiger partial charge in [-0.25, -0.2) is 0 Å². The summed E-state index contributed by atoms with van der Waals surface area (Å²) in [6.45, 7) is 1.97. The second kappa shape index (κ2) is 4.04. The van der Waals surface area contributed by atoms with Crippen LogP contribution in [-0.2, 0) is 9.47 Å². The van der Waals surface area contributed by atoms with Crippen LogP contribution in [0.3, 0.4) is 0 Å². The maximum absolute atomic E-state index is 5.70. The van der Waals surface area contributed by atoms with Crippen molar-refractivity contribution in [1.82, 2.24) is 0 Å². The van der Waals surface area contributed by atoms with Crippen molar-refractivity contribution >= 4 is 0 Å². The molecule has 3 heteroatoms. The molecule has 0 aromatic carbocycles. The highest BCUT2D eigenvalue weighted by molar-refractivity contribution is 4.73. The Morgan fingerprint density at radius 3 is 2.82 bits per heavy atom. The third kappa shape index (κ3) is 2.43. The first-order valence-electron chi connectivity index (χ1n) is 4.18. The summed E-state index contributed by atoms with van der Waals surface area (Å²) in [5.41, 5.74) is 5.70. The lowest BCUT2D eigenvalue weighted by molar-refractivity contribution is -0.183. The van der Waals surface area contributed by atoms with Crippen molar-refractivity contribution in [3.63, 3.8) is 0 Å². The molecule has 1 aliphatic rings. The summed E-state index contributed by atoms with van der Waals surface area (Å²) in [5.74, 6) is 0. The van der Waals surface area contributed by atoms with E-state index in [1.54, 1.807) is 7.11 Å². The Hall–Kier alpha value is -0.120. The molecule has 3 atom stereocenters. The van der Waals surface area contributed by atoms with E-state index in [0.717, 1.165) is 19.3 Å². The van der Waals surface area contributed by atoms with Gasteiger partial charge >= 0.3 is 0 Å². The number of methoxy groups -OCH3 is 1. The quantitative estimate of drug-likeness (QED) is 0.650. The highest BCUT2D eigenvalue weighted by Crippen LogP contribution is 2.20. The van der Waals surface area contributed by atoms with E-state index in [4.69, 9.17) is 15.2 Å². The van der Waals surface area contributed by atoms with Gasteiger partial charge in [0.1, 0.15) is 0 Å². The van der Waals surface area contributed by atoms with Gasteiger partial charge in [0.05, 0.1) is 6.10 Å². The fourth-order valence-corrected chi connectivity index (χ4v) is 1.38. The lowest BCUT2D eigenvalue weighted by Gasteiger charge is -2.31. The van der Waals surface area contributed by atoms with Crippen molar-refractivity contribution in [3.05, 3.63) is 0 Å². The molecule has 1 rings (SSSR count). The van der Waals surface area contributed by atoms with E-state index in [-0.39, 0.29) is 18.4 Å². The van der Waals surface area contributed by atoms with Gasteiger partial charge in [-0.3, -0.25) is 0 Å². The molecule has 1 fully saturated rings. The van der Waals surface area contributed by atoms with Gasteiger partial charge in [-0.2, -0.15) is 0 Å². The molecule has 1 aliphatic heterocycles. The molecule has 0 aliphatic carbocycles. The van der Waals surface area contributed by atoms with E-state index in [2.05, 4.69) is 0 Å². The zero-order valence-electron chi connectivity index (χ0n) is 7.25. The molecule has 0 saturated carbocycles. The fourth-order valence-electron chi connectivity index (χ4n) is 1.38. The third-order valence-corrected chi connectivity index (χ3v) is 2.10. The van der Waals surface area contributed by atoms with Gasteiger partial charge in [0.25, 0.3) is 0 Å². The Labute approximate surface area is 67.9 Å². The zero-order chi connectivity index (χ0) is 8.27. The second-order valence-corrected chi connectivity index (χ2v) is 3.13. The van der Waals surface area contributed by atoms with Crippen molar-refractivity contribution in [2.75, 3.05) is 7.11 Å². The van der Waals surface area contributed by atoms with E-state index >= 15 is 0 Å². The molecular formula is C8H17NO2. The van der Waals surface area contributed by atoms with Crippen LogP contribution >= 0.6 is 0 Å². The number of hydrogen-bond donors (Lipinski definition) is 1. The predicted molar refractivity (Wildman–Crippen MR) is 43.2 cm³/mol. The van der Waals surface area contributed by atoms with Crippen LogP contribution in [0.2, 0.25) is 0 Å². The molecule has 0 amide bonds. The third-order valence-electron chi connectivity index (χ3n) is 2.10. The van der Waals surface area contributed by atoms with Crippen LogP contribution in [0.15, 0.2) is 0 Å². The molecule has 0 aromatic rings.